The van der Waals surface area contributed by atoms with Crippen LogP contribution in [0.1, 0.15) is 52.0 Å². The van der Waals surface area contributed by atoms with Crippen molar-refractivity contribution in [3.63, 3.8) is 0 Å². The van der Waals surface area contributed by atoms with Gasteiger partial charge in [0.15, 0.2) is 0 Å². The molecule has 0 bridgehead atoms. The van der Waals surface area contributed by atoms with Gasteiger partial charge in [-0.1, -0.05) is 30.0 Å². The lowest BCUT2D eigenvalue weighted by Crippen LogP contribution is -2.31. The minimum Gasteiger partial charge on any atom is -0.371 e. The van der Waals surface area contributed by atoms with Crippen LogP contribution in [-0.2, 0) is 24.7 Å². The fraction of sp³-hybridized carbons (Fsp3) is 0.273. The molecule has 9 nitrogen and oxygen atoms in total. The molecule has 2 amide bonds. The molecule has 9 heteroatoms. The number of carbonyl (C=O) groups excluding carboxylic acids is 2. The zero-order chi connectivity index (χ0) is 29.1. The molecule has 1 saturated heterocycles. The molecule has 0 aliphatic carbocycles. The van der Waals surface area contributed by atoms with Crippen LogP contribution in [-0.4, -0.2) is 46.0 Å². The average Bonchev–Trinajstić information content (AvgIpc) is 3.34. The minimum absolute atomic E-state index is 0.0816. The van der Waals surface area contributed by atoms with Gasteiger partial charge in [0.1, 0.15) is 5.69 Å². The summed E-state index contributed by atoms with van der Waals surface area (Å²) in [5, 5.41) is 5.93. The summed E-state index contributed by atoms with van der Waals surface area (Å²) in [5.41, 5.74) is 13.0. The lowest BCUT2D eigenvalue weighted by Gasteiger charge is -2.29. The molecule has 4 aromatic rings. The predicted octanol–water partition coefficient (Wildman–Crippen LogP) is 3.92. The van der Waals surface area contributed by atoms with E-state index in [2.05, 4.69) is 43.4 Å². The molecule has 6 rings (SSSR count). The Morgan fingerprint density at radius 1 is 1.07 bits per heavy atom. The summed E-state index contributed by atoms with van der Waals surface area (Å²) in [7, 11) is 1.92. The maximum atomic E-state index is 12.9. The highest BCUT2D eigenvalue weighted by molar-refractivity contribution is 5.98. The number of nitrogens with two attached hydrogens (primary N) is 1. The van der Waals surface area contributed by atoms with E-state index in [1.54, 1.807) is 6.20 Å². The molecule has 2 aromatic heterocycles. The number of benzene rings is 2. The van der Waals surface area contributed by atoms with Gasteiger partial charge >= 0.3 is 0 Å². The van der Waals surface area contributed by atoms with Crippen molar-refractivity contribution in [2.75, 3.05) is 35.6 Å². The largest absolute Gasteiger partial charge is 0.371 e. The van der Waals surface area contributed by atoms with Crippen LogP contribution < -0.4 is 21.3 Å². The molecule has 2 aliphatic heterocycles. The lowest BCUT2D eigenvalue weighted by molar-refractivity contribution is -0.115. The van der Waals surface area contributed by atoms with Crippen LogP contribution in [0.3, 0.4) is 0 Å². The Labute approximate surface area is 245 Å². The number of fused-ring (bicyclic) bond motifs is 1. The smallest absolute Gasteiger partial charge is 0.253 e. The van der Waals surface area contributed by atoms with Gasteiger partial charge in [-0.05, 0) is 61.2 Å². The van der Waals surface area contributed by atoms with Gasteiger partial charge in [0, 0.05) is 61.9 Å². The zero-order valence-electron chi connectivity index (χ0n) is 23.6. The van der Waals surface area contributed by atoms with Gasteiger partial charge in [0.05, 0.1) is 23.2 Å². The Kier molecular flexibility index (Phi) is 7.60. The molecule has 1 fully saturated rings. The molecular formula is C33H33N7O2. The van der Waals surface area contributed by atoms with Crippen LogP contribution in [0.15, 0.2) is 60.8 Å². The number of hydrogen-bond acceptors (Lipinski definition) is 6. The Bertz CT molecular complexity index is 1720. The molecule has 0 saturated carbocycles. The molecule has 4 heterocycles. The van der Waals surface area contributed by atoms with Crippen molar-refractivity contribution in [3.05, 3.63) is 88.7 Å². The normalized spacial score (nSPS) is 14.4. The van der Waals surface area contributed by atoms with Crippen LogP contribution in [0.25, 0.3) is 11.4 Å². The van der Waals surface area contributed by atoms with E-state index in [1.807, 2.05) is 60.1 Å². The Morgan fingerprint density at radius 2 is 1.90 bits per heavy atom. The third-order valence-electron chi connectivity index (χ3n) is 7.78. The summed E-state index contributed by atoms with van der Waals surface area (Å²) in [6, 6.07) is 17.5. The van der Waals surface area contributed by atoms with E-state index < -0.39 is 0 Å². The predicted molar refractivity (Wildman–Crippen MR) is 164 cm³/mol. The van der Waals surface area contributed by atoms with Crippen molar-refractivity contribution >= 4 is 29.1 Å². The number of hydrogen-bond donors (Lipinski definition) is 3. The molecule has 212 valence electrons. The van der Waals surface area contributed by atoms with Gasteiger partial charge in [0.25, 0.3) is 5.91 Å². The van der Waals surface area contributed by atoms with E-state index in [9.17, 15) is 9.59 Å². The summed E-state index contributed by atoms with van der Waals surface area (Å²) >= 11 is 0. The van der Waals surface area contributed by atoms with Crippen molar-refractivity contribution in [1.29, 1.82) is 0 Å². The first-order valence-corrected chi connectivity index (χ1v) is 14.3. The van der Waals surface area contributed by atoms with Crippen molar-refractivity contribution < 1.29 is 9.59 Å². The Morgan fingerprint density at radius 3 is 2.74 bits per heavy atom. The van der Waals surface area contributed by atoms with Gasteiger partial charge in [-0.15, -0.1) is 0 Å². The molecule has 42 heavy (non-hydrogen) atoms. The number of rotatable bonds is 5. The van der Waals surface area contributed by atoms with Crippen molar-refractivity contribution in [2.24, 2.45) is 7.05 Å². The Hall–Kier alpha value is -5.10. The van der Waals surface area contributed by atoms with E-state index >= 15 is 0 Å². The fourth-order valence-corrected chi connectivity index (χ4v) is 5.66. The first kappa shape index (κ1) is 27.1. The Balaban J connectivity index is 1.19. The molecule has 0 unspecified atom stereocenters. The highest BCUT2D eigenvalue weighted by atomic mass is 16.2. The van der Waals surface area contributed by atoms with Gasteiger partial charge in [-0.25, -0.2) is 9.97 Å². The van der Waals surface area contributed by atoms with Crippen LogP contribution in [0.4, 0.5) is 17.3 Å². The number of nitrogen functional groups attached to an aromatic ring is 1. The topological polar surface area (TPSA) is 118 Å². The second-order valence-corrected chi connectivity index (χ2v) is 10.7. The van der Waals surface area contributed by atoms with Crippen molar-refractivity contribution in [2.45, 2.75) is 32.1 Å². The van der Waals surface area contributed by atoms with E-state index in [-0.39, 0.29) is 24.2 Å². The van der Waals surface area contributed by atoms with Gasteiger partial charge < -0.3 is 25.8 Å². The summed E-state index contributed by atoms with van der Waals surface area (Å²) in [6.45, 7) is 2.71. The number of nitrogens with one attached hydrogen (secondary N) is 2. The summed E-state index contributed by atoms with van der Waals surface area (Å²) in [6.07, 6.45) is 6.26. The molecular weight excluding hydrogens is 526 g/mol. The molecule has 4 N–H and O–H groups in total. The molecule has 0 atom stereocenters. The number of carbonyl (C=O) groups is 2. The summed E-state index contributed by atoms with van der Waals surface area (Å²) < 4.78 is 1.97. The molecule has 0 radical (unpaired) electrons. The maximum absolute atomic E-state index is 12.9. The number of amides is 2. The summed E-state index contributed by atoms with van der Waals surface area (Å²) in [4.78, 5) is 36.3. The maximum Gasteiger partial charge on any atom is 0.253 e. The average molecular weight is 560 g/mol. The minimum atomic E-state index is -0.0941. The fourth-order valence-electron chi connectivity index (χ4n) is 5.66. The van der Waals surface area contributed by atoms with E-state index in [0.29, 0.717) is 23.4 Å². The van der Waals surface area contributed by atoms with Crippen LogP contribution in [0, 0.1) is 11.8 Å². The highest BCUT2D eigenvalue weighted by Gasteiger charge is 2.24. The molecule has 0 spiro atoms. The van der Waals surface area contributed by atoms with Gasteiger partial charge in [0.2, 0.25) is 11.9 Å². The summed E-state index contributed by atoms with van der Waals surface area (Å²) in [5.74, 6) is 6.33. The number of anilines is 3. The van der Waals surface area contributed by atoms with Crippen LogP contribution in [0.2, 0.25) is 0 Å². The first-order chi connectivity index (χ1) is 20.4. The van der Waals surface area contributed by atoms with Crippen LogP contribution >= 0.6 is 0 Å². The molecule has 2 aromatic carbocycles. The van der Waals surface area contributed by atoms with Crippen molar-refractivity contribution in [1.82, 2.24) is 19.9 Å². The standard InChI is InChI=1S/C33H33N7O2/c1-39-28-13-14-35-32(42)27(28)20-29(39)31-24(21-36-33(34)38-31)12-11-22-7-5-8-23(17-22)18-30(41)37-25-9-6-10-26(19-25)40-15-3-2-4-16-40/h5-10,17,19-21H,2-4,13-16,18H2,1H3,(H,35,42)(H,37,41)(H2,34,36,38). The van der Waals surface area contributed by atoms with E-state index in [1.165, 1.54) is 19.3 Å². The zero-order valence-corrected chi connectivity index (χ0v) is 23.6. The number of nitrogens with zero attached hydrogens (tertiary/aromatic N) is 4. The van der Waals surface area contributed by atoms with Gasteiger partial charge in [-0.3, -0.25) is 9.59 Å². The first-order valence-electron chi connectivity index (χ1n) is 14.3. The number of aromatic nitrogens is 3. The lowest BCUT2D eigenvalue weighted by atomic mass is 10.1. The van der Waals surface area contributed by atoms with E-state index in [0.717, 1.165) is 53.4 Å². The third-order valence-corrected chi connectivity index (χ3v) is 7.78. The SMILES string of the molecule is Cn1c(-c2nc(N)ncc2C#Cc2cccc(CC(=O)Nc3cccc(N4CCCCC4)c3)c2)cc2c1CCNC2=O. The number of piperidine rings is 1. The van der Waals surface area contributed by atoms with Crippen LogP contribution in [0.5, 0.6) is 0 Å². The third kappa shape index (κ3) is 5.84. The second kappa shape index (κ2) is 11.8. The monoisotopic (exact) mass is 559 g/mol. The van der Waals surface area contributed by atoms with Crippen molar-refractivity contribution in [3.8, 4) is 23.2 Å². The highest BCUT2D eigenvalue weighted by Crippen LogP contribution is 2.28. The molecule has 2 aliphatic rings. The quantitative estimate of drug-likeness (QED) is 0.319. The van der Waals surface area contributed by atoms with E-state index in [4.69, 9.17) is 5.73 Å². The second-order valence-electron chi connectivity index (χ2n) is 10.7. The van der Waals surface area contributed by atoms with Gasteiger partial charge in [-0.2, -0.15) is 0 Å².